The second kappa shape index (κ2) is 6.70. The van der Waals surface area contributed by atoms with Crippen LogP contribution in [0.15, 0.2) is 0 Å². The van der Waals surface area contributed by atoms with E-state index in [-0.39, 0.29) is 11.7 Å². The number of amides is 1. The quantitative estimate of drug-likeness (QED) is 0.712. The first-order valence-electron chi connectivity index (χ1n) is 6.06. The minimum Gasteiger partial charge on any atom is -0.348 e. The minimum atomic E-state index is -3.26. The number of rotatable bonds is 5. The molecule has 1 rings (SSSR count). The van der Waals surface area contributed by atoms with Gasteiger partial charge in [-0.25, -0.2) is 8.42 Å². The molecule has 1 amide bonds. The van der Waals surface area contributed by atoms with Gasteiger partial charge in [-0.15, -0.1) is 0 Å². The lowest BCUT2D eigenvalue weighted by Crippen LogP contribution is -2.56. The highest BCUT2D eigenvalue weighted by Gasteiger charge is 2.38. The van der Waals surface area contributed by atoms with Gasteiger partial charge in [-0.05, 0) is 19.3 Å². The van der Waals surface area contributed by atoms with Crippen molar-refractivity contribution < 1.29 is 13.2 Å². The molecule has 0 aromatic heterocycles. The maximum atomic E-state index is 12.2. The van der Waals surface area contributed by atoms with Gasteiger partial charge in [0.05, 0.1) is 11.3 Å². The normalized spacial score (nSPS) is 23.6. The molecule has 0 aromatic rings. The maximum Gasteiger partial charge on any atom is 0.238 e. The van der Waals surface area contributed by atoms with Crippen molar-refractivity contribution >= 4 is 47.6 Å². The van der Waals surface area contributed by atoms with Gasteiger partial charge in [-0.2, -0.15) is 0 Å². The summed E-state index contributed by atoms with van der Waals surface area (Å²) in [5, 5.41) is 3.22. The molecule has 7 heteroatoms. The number of hydrogen-bond donors (Lipinski definition) is 1. The van der Waals surface area contributed by atoms with Gasteiger partial charge in [0.15, 0.2) is 9.84 Å². The smallest absolute Gasteiger partial charge is 0.238 e. The molecular formula is C11H19Br2NO3S. The van der Waals surface area contributed by atoms with Gasteiger partial charge < -0.3 is 5.32 Å². The predicted molar refractivity (Wildman–Crippen MR) is 80.2 cm³/mol. The first-order valence-corrected chi connectivity index (χ1v) is 10.0. The molecule has 0 aliphatic carbocycles. The molecule has 1 N–H and O–H groups in total. The second-order valence-electron chi connectivity index (χ2n) is 4.74. The molecule has 1 aliphatic heterocycles. The molecule has 0 radical (unpaired) electrons. The van der Waals surface area contributed by atoms with Crippen LogP contribution < -0.4 is 5.32 Å². The lowest BCUT2D eigenvalue weighted by Gasteiger charge is -2.32. The summed E-state index contributed by atoms with van der Waals surface area (Å²) >= 11 is 6.76. The average molecular weight is 405 g/mol. The molecule has 0 aromatic carbocycles. The Labute approximate surface area is 125 Å². The Hall–Kier alpha value is 0.380. The van der Waals surface area contributed by atoms with Crippen LogP contribution in [0.4, 0.5) is 0 Å². The van der Waals surface area contributed by atoms with E-state index in [2.05, 4.69) is 37.2 Å². The average Bonchev–Trinajstić information content (AvgIpc) is 2.35. The van der Waals surface area contributed by atoms with Crippen LogP contribution in [0, 0.1) is 0 Å². The highest BCUT2D eigenvalue weighted by atomic mass is 79.9. The number of halogens is 2. The number of nitrogens with one attached hydrogen (secondary N) is 1. The molecule has 1 fully saturated rings. The van der Waals surface area contributed by atoms with Crippen LogP contribution in [-0.4, -0.2) is 41.5 Å². The van der Waals surface area contributed by atoms with Gasteiger partial charge in [-0.1, -0.05) is 45.2 Å². The third kappa shape index (κ3) is 3.70. The SMILES string of the molecule is CCC(CBr)(CBr)NC(=O)C1CCCCS1(=O)=O. The van der Waals surface area contributed by atoms with Crippen LogP contribution in [0.5, 0.6) is 0 Å². The number of alkyl halides is 2. The summed E-state index contributed by atoms with van der Waals surface area (Å²) in [5.41, 5.74) is -0.413. The van der Waals surface area contributed by atoms with Crippen molar-refractivity contribution in [1.82, 2.24) is 5.32 Å². The van der Waals surface area contributed by atoms with Crippen molar-refractivity contribution in [3.05, 3.63) is 0 Å². The fourth-order valence-corrected chi connectivity index (χ4v) is 5.77. The Bertz CT molecular complexity index is 385. The summed E-state index contributed by atoms with van der Waals surface area (Å²) in [5.74, 6) is -0.220. The molecule has 4 nitrogen and oxygen atoms in total. The van der Waals surface area contributed by atoms with E-state index in [1.54, 1.807) is 0 Å². The van der Waals surface area contributed by atoms with Crippen LogP contribution >= 0.6 is 31.9 Å². The van der Waals surface area contributed by atoms with Gasteiger partial charge in [0.25, 0.3) is 0 Å². The number of hydrogen-bond acceptors (Lipinski definition) is 3. The van der Waals surface area contributed by atoms with E-state index >= 15 is 0 Å². The van der Waals surface area contributed by atoms with Crippen molar-refractivity contribution in [2.24, 2.45) is 0 Å². The van der Waals surface area contributed by atoms with E-state index in [1.807, 2.05) is 6.92 Å². The van der Waals surface area contributed by atoms with Crippen molar-refractivity contribution in [1.29, 1.82) is 0 Å². The van der Waals surface area contributed by atoms with Crippen LogP contribution in [0.2, 0.25) is 0 Å². The highest BCUT2D eigenvalue weighted by Crippen LogP contribution is 2.22. The van der Waals surface area contributed by atoms with Crippen LogP contribution in [-0.2, 0) is 14.6 Å². The largest absolute Gasteiger partial charge is 0.348 e. The van der Waals surface area contributed by atoms with E-state index in [9.17, 15) is 13.2 Å². The Kier molecular flexibility index (Phi) is 6.12. The molecular weight excluding hydrogens is 386 g/mol. The fourth-order valence-electron chi connectivity index (χ4n) is 1.97. The van der Waals surface area contributed by atoms with Crippen molar-refractivity contribution in [3.8, 4) is 0 Å². The Balaban J connectivity index is 2.81. The van der Waals surface area contributed by atoms with Crippen molar-refractivity contribution in [3.63, 3.8) is 0 Å². The van der Waals surface area contributed by atoms with Crippen LogP contribution in [0.25, 0.3) is 0 Å². The summed E-state index contributed by atoms with van der Waals surface area (Å²) in [6.45, 7) is 1.97. The number of carbonyl (C=O) groups excluding carboxylic acids is 1. The second-order valence-corrected chi connectivity index (χ2v) is 8.17. The van der Waals surface area contributed by atoms with Gasteiger partial charge in [0.1, 0.15) is 5.25 Å². The molecule has 1 heterocycles. The number of carbonyl (C=O) groups is 1. The summed E-state index contributed by atoms with van der Waals surface area (Å²) in [6, 6.07) is 0. The van der Waals surface area contributed by atoms with Crippen LogP contribution in [0.1, 0.15) is 32.6 Å². The first kappa shape index (κ1) is 16.4. The lowest BCUT2D eigenvalue weighted by atomic mass is 10.0. The number of sulfone groups is 1. The summed E-state index contributed by atoms with van der Waals surface area (Å²) in [7, 11) is -3.26. The van der Waals surface area contributed by atoms with E-state index in [4.69, 9.17) is 0 Å². The van der Waals surface area contributed by atoms with Crippen LogP contribution in [0.3, 0.4) is 0 Å². The minimum absolute atomic E-state index is 0.132. The summed E-state index contributed by atoms with van der Waals surface area (Å²) < 4.78 is 23.8. The van der Waals surface area contributed by atoms with Gasteiger partial charge >= 0.3 is 0 Å². The standard InChI is InChI=1S/C11H19Br2NO3S/c1-2-11(7-12,8-13)14-10(15)9-5-3-4-6-18(9,16)17/h9H,2-8H2,1H3,(H,14,15). The third-order valence-corrected chi connectivity index (χ3v) is 7.77. The van der Waals surface area contributed by atoms with Gasteiger partial charge in [-0.3, -0.25) is 4.79 Å². The Morgan fingerprint density at radius 1 is 1.33 bits per heavy atom. The Morgan fingerprint density at radius 2 is 1.94 bits per heavy atom. The lowest BCUT2D eigenvalue weighted by molar-refractivity contribution is -0.122. The van der Waals surface area contributed by atoms with Gasteiger partial charge in [0, 0.05) is 10.7 Å². The first-order chi connectivity index (χ1) is 8.40. The predicted octanol–water partition coefficient (Wildman–Crippen LogP) is 2.01. The molecule has 0 saturated carbocycles. The summed E-state index contributed by atoms with van der Waals surface area (Å²) in [6.07, 6.45) is 2.65. The van der Waals surface area contributed by atoms with Crippen molar-refractivity contribution in [2.45, 2.75) is 43.4 Å². The molecule has 1 aliphatic rings. The third-order valence-electron chi connectivity index (χ3n) is 3.45. The molecule has 1 atom stereocenters. The fraction of sp³-hybridized carbons (Fsp3) is 0.909. The zero-order chi connectivity index (χ0) is 13.8. The summed E-state index contributed by atoms with van der Waals surface area (Å²) in [4.78, 5) is 12.2. The topological polar surface area (TPSA) is 63.2 Å². The molecule has 18 heavy (non-hydrogen) atoms. The zero-order valence-corrected chi connectivity index (χ0v) is 14.4. The molecule has 1 saturated heterocycles. The Morgan fingerprint density at radius 3 is 2.39 bits per heavy atom. The maximum absolute atomic E-state index is 12.2. The van der Waals surface area contributed by atoms with E-state index < -0.39 is 20.6 Å². The van der Waals surface area contributed by atoms with E-state index in [0.29, 0.717) is 23.5 Å². The van der Waals surface area contributed by atoms with E-state index in [1.165, 1.54) is 0 Å². The van der Waals surface area contributed by atoms with Gasteiger partial charge in [0.2, 0.25) is 5.91 Å². The molecule has 0 spiro atoms. The molecule has 0 bridgehead atoms. The van der Waals surface area contributed by atoms with E-state index in [0.717, 1.165) is 12.8 Å². The van der Waals surface area contributed by atoms with Crippen molar-refractivity contribution in [2.75, 3.05) is 16.4 Å². The highest BCUT2D eigenvalue weighted by molar-refractivity contribution is 9.09. The molecule has 1 unspecified atom stereocenters. The monoisotopic (exact) mass is 403 g/mol. The molecule has 106 valence electrons. The zero-order valence-electron chi connectivity index (χ0n) is 10.4.